The molecule has 0 aromatic carbocycles. The summed E-state index contributed by atoms with van der Waals surface area (Å²) < 4.78 is 6.02. The zero-order chi connectivity index (χ0) is 15.0. The summed E-state index contributed by atoms with van der Waals surface area (Å²) in [5.74, 6) is 4.86. The molecule has 124 valence electrons. The number of urea groups is 1. The van der Waals surface area contributed by atoms with Gasteiger partial charge in [-0.25, -0.2) is 4.79 Å². The molecule has 4 rings (SSSR count). The van der Waals surface area contributed by atoms with E-state index in [1.54, 1.807) is 0 Å². The molecule has 0 unspecified atom stereocenters. The van der Waals surface area contributed by atoms with E-state index >= 15 is 0 Å². The van der Waals surface area contributed by atoms with E-state index in [-0.39, 0.29) is 17.7 Å². The maximum absolute atomic E-state index is 12.2. The van der Waals surface area contributed by atoms with Gasteiger partial charge in [-0.1, -0.05) is 6.42 Å². The molecule has 2 bridgehead atoms. The van der Waals surface area contributed by atoms with Gasteiger partial charge in [0.15, 0.2) is 0 Å². The number of rotatable bonds is 3. The number of ether oxygens (including phenoxy) is 1. The first-order valence-corrected chi connectivity index (χ1v) is 10.1. The van der Waals surface area contributed by atoms with Crippen molar-refractivity contribution >= 4 is 17.8 Å². The first kappa shape index (κ1) is 15.1. The largest absolute Gasteiger partial charge is 0.374 e. The van der Waals surface area contributed by atoms with Gasteiger partial charge in [0.2, 0.25) is 0 Å². The molecule has 2 heterocycles. The summed E-state index contributed by atoms with van der Waals surface area (Å²) in [6, 6.07) is 0.322. The lowest BCUT2D eigenvalue weighted by molar-refractivity contribution is -0.0684. The van der Waals surface area contributed by atoms with Gasteiger partial charge in [0.25, 0.3) is 0 Å². The highest BCUT2D eigenvalue weighted by molar-refractivity contribution is 7.99. The summed E-state index contributed by atoms with van der Waals surface area (Å²) in [4.78, 5) is 12.2. The van der Waals surface area contributed by atoms with Crippen molar-refractivity contribution in [2.45, 2.75) is 56.6 Å². The summed E-state index contributed by atoms with van der Waals surface area (Å²) in [7, 11) is 0. The number of hydrogen-bond acceptors (Lipinski definition) is 3. The van der Waals surface area contributed by atoms with Crippen molar-refractivity contribution in [2.75, 3.05) is 24.7 Å². The highest BCUT2D eigenvalue weighted by Gasteiger charge is 2.41. The second-order valence-corrected chi connectivity index (χ2v) is 8.92. The Hall–Kier alpha value is -0.420. The van der Waals surface area contributed by atoms with Crippen LogP contribution < -0.4 is 10.6 Å². The third-order valence-electron chi connectivity index (χ3n) is 6.30. The van der Waals surface area contributed by atoms with E-state index < -0.39 is 0 Å². The predicted molar refractivity (Wildman–Crippen MR) is 89.1 cm³/mol. The highest BCUT2D eigenvalue weighted by Crippen LogP contribution is 2.47. The van der Waals surface area contributed by atoms with Crippen LogP contribution >= 0.6 is 11.8 Å². The molecule has 1 spiro atoms. The lowest BCUT2D eigenvalue weighted by atomic mass is 9.89. The summed E-state index contributed by atoms with van der Waals surface area (Å²) in [5.41, 5.74) is 0.0471. The normalized spacial score (nSPS) is 43.6. The van der Waals surface area contributed by atoms with Crippen LogP contribution in [0.1, 0.15) is 44.9 Å². The Kier molecular flexibility index (Phi) is 4.29. The molecule has 5 atom stereocenters. The molecular weight excluding hydrogens is 296 g/mol. The van der Waals surface area contributed by atoms with Crippen LogP contribution in [-0.4, -0.2) is 42.3 Å². The Morgan fingerprint density at radius 3 is 2.95 bits per heavy atom. The second-order valence-electron chi connectivity index (χ2n) is 7.81. The van der Waals surface area contributed by atoms with Gasteiger partial charge in [-0.3, -0.25) is 0 Å². The molecule has 2 saturated heterocycles. The Labute approximate surface area is 137 Å². The van der Waals surface area contributed by atoms with E-state index in [9.17, 15) is 4.79 Å². The molecule has 2 N–H and O–H groups in total. The van der Waals surface area contributed by atoms with Gasteiger partial charge in [-0.2, -0.15) is 11.8 Å². The van der Waals surface area contributed by atoms with E-state index in [2.05, 4.69) is 10.6 Å². The van der Waals surface area contributed by atoms with Crippen molar-refractivity contribution in [3.8, 4) is 0 Å². The first-order valence-electron chi connectivity index (χ1n) is 8.98. The van der Waals surface area contributed by atoms with Crippen LogP contribution in [0.15, 0.2) is 0 Å². The fraction of sp³-hybridized carbons (Fsp3) is 0.941. The third-order valence-corrected chi connectivity index (χ3v) is 7.53. The number of hydrogen-bond donors (Lipinski definition) is 2. The van der Waals surface area contributed by atoms with Gasteiger partial charge in [0.1, 0.15) is 0 Å². The second kappa shape index (κ2) is 6.23. The van der Waals surface area contributed by atoms with Crippen LogP contribution in [0, 0.1) is 17.8 Å². The Balaban J connectivity index is 1.22. The van der Waals surface area contributed by atoms with Gasteiger partial charge in [-0.15, -0.1) is 0 Å². The fourth-order valence-corrected chi connectivity index (χ4v) is 6.48. The van der Waals surface area contributed by atoms with Crippen molar-refractivity contribution in [3.63, 3.8) is 0 Å². The monoisotopic (exact) mass is 324 g/mol. The summed E-state index contributed by atoms with van der Waals surface area (Å²) in [5, 5.41) is 6.34. The number of carbonyl (C=O) groups excluding carboxylic acids is 1. The fourth-order valence-electron chi connectivity index (χ4n) is 5.10. The Morgan fingerprint density at radius 2 is 2.23 bits per heavy atom. The minimum atomic E-state index is 0.0375. The molecule has 4 fully saturated rings. The molecule has 0 aromatic heterocycles. The number of nitrogens with one attached hydrogen (secondary N) is 2. The van der Waals surface area contributed by atoms with E-state index in [0.29, 0.717) is 0 Å². The molecule has 2 aliphatic heterocycles. The van der Waals surface area contributed by atoms with Crippen molar-refractivity contribution in [1.82, 2.24) is 10.6 Å². The number of thioether (sulfide) groups is 1. The molecule has 2 amide bonds. The minimum Gasteiger partial charge on any atom is -0.374 e. The molecule has 5 heteroatoms. The summed E-state index contributed by atoms with van der Waals surface area (Å²) in [6.45, 7) is 1.66. The molecular formula is C17H28N2O2S. The SMILES string of the molecule is O=C(NC[C@@H]1C[C@H]2CC[C@H]1C2)N[C@H]1CCO[C@]2(CCSC2)C1. The van der Waals surface area contributed by atoms with E-state index in [0.717, 1.165) is 55.9 Å². The van der Waals surface area contributed by atoms with Gasteiger partial charge >= 0.3 is 6.03 Å². The topological polar surface area (TPSA) is 50.4 Å². The van der Waals surface area contributed by atoms with E-state index in [1.807, 2.05) is 11.8 Å². The highest BCUT2D eigenvalue weighted by atomic mass is 32.2. The molecule has 2 saturated carbocycles. The van der Waals surface area contributed by atoms with Crippen LogP contribution in [0.3, 0.4) is 0 Å². The van der Waals surface area contributed by atoms with E-state index in [1.165, 1.54) is 31.4 Å². The Morgan fingerprint density at radius 1 is 1.27 bits per heavy atom. The average Bonchev–Trinajstić information content (AvgIpc) is 3.22. The quantitative estimate of drug-likeness (QED) is 0.839. The number of carbonyl (C=O) groups is 1. The molecule has 0 aromatic rings. The summed E-state index contributed by atoms with van der Waals surface area (Å²) in [6.07, 6.45) is 8.64. The third kappa shape index (κ3) is 3.12. The Bertz CT molecular complexity index is 425. The van der Waals surface area contributed by atoms with Crippen molar-refractivity contribution < 1.29 is 9.53 Å². The lowest BCUT2D eigenvalue weighted by Gasteiger charge is -2.38. The summed E-state index contributed by atoms with van der Waals surface area (Å²) >= 11 is 1.98. The average molecular weight is 324 g/mol. The van der Waals surface area contributed by atoms with E-state index in [4.69, 9.17) is 4.74 Å². The first-order chi connectivity index (χ1) is 10.7. The van der Waals surface area contributed by atoms with Crippen molar-refractivity contribution in [1.29, 1.82) is 0 Å². The zero-order valence-corrected chi connectivity index (χ0v) is 14.1. The molecule has 0 radical (unpaired) electrons. The molecule has 2 aliphatic carbocycles. The van der Waals surface area contributed by atoms with Crippen LogP contribution in [0.4, 0.5) is 4.79 Å². The maximum Gasteiger partial charge on any atom is 0.315 e. The van der Waals surface area contributed by atoms with Gasteiger partial charge in [0, 0.05) is 24.9 Å². The van der Waals surface area contributed by atoms with Gasteiger partial charge in [0.05, 0.1) is 5.60 Å². The molecule has 4 aliphatic rings. The van der Waals surface area contributed by atoms with Crippen LogP contribution in [-0.2, 0) is 4.74 Å². The van der Waals surface area contributed by atoms with Crippen molar-refractivity contribution in [3.05, 3.63) is 0 Å². The number of amides is 2. The van der Waals surface area contributed by atoms with Gasteiger partial charge < -0.3 is 15.4 Å². The number of fused-ring (bicyclic) bond motifs is 2. The smallest absolute Gasteiger partial charge is 0.315 e. The van der Waals surface area contributed by atoms with Crippen LogP contribution in [0.2, 0.25) is 0 Å². The predicted octanol–water partition coefficient (Wildman–Crippen LogP) is 2.78. The molecule has 4 nitrogen and oxygen atoms in total. The lowest BCUT2D eigenvalue weighted by Crippen LogP contribution is -2.51. The zero-order valence-electron chi connectivity index (χ0n) is 13.3. The van der Waals surface area contributed by atoms with Gasteiger partial charge in [-0.05, 0) is 62.0 Å². The van der Waals surface area contributed by atoms with Crippen molar-refractivity contribution in [2.24, 2.45) is 17.8 Å². The van der Waals surface area contributed by atoms with Crippen LogP contribution in [0.25, 0.3) is 0 Å². The van der Waals surface area contributed by atoms with Crippen LogP contribution in [0.5, 0.6) is 0 Å². The molecule has 22 heavy (non-hydrogen) atoms. The standard InChI is InChI=1S/C17H28N2O2S/c20-16(18-10-14-8-12-1-2-13(14)7-12)19-15-3-5-21-17(9-15)4-6-22-11-17/h12-15H,1-11H2,(H2,18,19,20)/t12-,13-,14-,15-,17+/m0/s1. The maximum atomic E-state index is 12.2. The minimum absolute atomic E-state index is 0.0375.